The number of rotatable bonds is 5. The Labute approximate surface area is 112 Å². The summed E-state index contributed by atoms with van der Waals surface area (Å²) < 4.78 is 0. The van der Waals surface area contributed by atoms with Crippen molar-refractivity contribution >= 4 is 11.9 Å². The SMILES string of the molecule is O=C(O)CCCCC(=O)N1CCc2ncccc2C1. The lowest BCUT2D eigenvalue weighted by molar-refractivity contribution is -0.137. The Bertz CT molecular complexity index is 474. The maximum atomic E-state index is 12.0. The highest BCUT2D eigenvalue weighted by molar-refractivity contribution is 5.76. The highest BCUT2D eigenvalue weighted by Gasteiger charge is 2.20. The molecule has 0 aliphatic carbocycles. The van der Waals surface area contributed by atoms with Gasteiger partial charge in [-0.1, -0.05) is 6.07 Å². The number of unbranched alkanes of at least 4 members (excludes halogenated alkanes) is 1. The number of carboxylic acids is 1. The topological polar surface area (TPSA) is 70.5 Å². The van der Waals surface area contributed by atoms with Gasteiger partial charge < -0.3 is 10.0 Å². The first-order valence-corrected chi connectivity index (χ1v) is 6.59. The van der Waals surface area contributed by atoms with Gasteiger partial charge in [-0.15, -0.1) is 0 Å². The van der Waals surface area contributed by atoms with E-state index in [0.717, 1.165) is 17.7 Å². The molecular formula is C14H18N2O3. The van der Waals surface area contributed by atoms with Crippen LogP contribution in [0.15, 0.2) is 18.3 Å². The van der Waals surface area contributed by atoms with Gasteiger partial charge in [0, 0.05) is 44.2 Å². The number of pyridine rings is 1. The summed E-state index contributed by atoms with van der Waals surface area (Å²) in [7, 11) is 0. The summed E-state index contributed by atoms with van der Waals surface area (Å²) in [6.45, 7) is 1.34. The summed E-state index contributed by atoms with van der Waals surface area (Å²) in [5.41, 5.74) is 2.20. The Balaban J connectivity index is 1.80. The number of amides is 1. The molecule has 0 aromatic carbocycles. The van der Waals surface area contributed by atoms with Crippen LogP contribution < -0.4 is 0 Å². The quantitative estimate of drug-likeness (QED) is 0.818. The summed E-state index contributed by atoms with van der Waals surface area (Å²) in [5.74, 6) is -0.690. The van der Waals surface area contributed by atoms with Gasteiger partial charge in [0.25, 0.3) is 0 Å². The van der Waals surface area contributed by atoms with Gasteiger partial charge in [-0.05, 0) is 24.5 Å². The van der Waals surface area contributed by atoms with E-state index in [4.69, 9.17) is 5.11 Å². The molecule has 2 rings (SSSR count). The van der Waals surface area contributed by atoms with E-state index in [-0.39, 0.29) is 12.3 Å². The molecule has 5 nitrogen and oxygen atoms in total. The van der Waals surface area contributed by atoms with E-state index in [0.29, 0.717) is 32.4 Å². The number of aromatic nitrogens is 1. The summed E-state index contributed by atoms with van der Waals surface area (Å²) in [5, 5.41) is 8.53. The van der Waals surface area contributed by atoms with E-state index < -0.39 is 5.97 Å². The third-order valence-electron chi connectivity index (χ3n) is 3.35. The van der Waals surface area contributed by atoms with Crippen molar-refractivity contribution in [2.24, 2.45) is 0 Å². The van der Waals surface area contributed by atoms with E-state index in [9.17, 15) is 9.59 Å². The Morgan fingerprint density at radius 2 is 2.11 bits per heavy atom. The van der Waals surface area contributed by atoms with Crippen LogP contribution in [0.25, 0.3) is 0 Å². The van der Waals surface area contributed by atoms with Crippen molar-refractivity contribution in [1.29, 1.82) is 0 Å². The minimum atomic E-state index is -0.801. The molecule has 5 heteroatoms. The normalized spacial score (nSPS) is 14.0. The number of fused-ring (bicyclic) bond motifs is 1. The lowest BCUT2D eigenvalue weighted by Crippen LogP contribution is -2.36. The molecule has 1 amide bonds. The first kappa shape index (κ1) is 13.5. The minimum absolute atomic E-state index is 0.111. The molecule has 1 aliphatic heterocycles. The summed E-state index contributed by atoms with van der Waals surface area (Å²) in [6.07, 6.45) is 4.36. The molecule has 2 heterocycles. The Kier molecular flexibility index (Phi) is 4.49. The van der Waals surface area contributed by atoms with Gasteiger partial charge in [0.15, 0.2) is 0 Å². The number of hydrogen-bond acceptors (Lipinski definition) is 3. The van der Waals surface area contributed by atoms with E-state index in [2.05, 4.69) is 4.98 Å². The molecule has 0 saturated heterocycles. The van der Waals surface area contributed by atoms with Crippen LogP contribution in [-0.2, 0) is 22.6 Å². The Morgan fingerprint density at radius 1 is 1.32 bits per heavy atom. The third kappa shape index (κ3) is 3.77. The zero-order valence-electron chi connectivity index (χ0n) is 10.8. The molecule has 0 unspecified atom stereocenters. The van der Waals surface area contributed by atoms with Gasteiger partial charge in [0.1, 0.15) is 0 Å². The van der Waals surface area contributed by atoms with Crippen LogP contribution in [-0.4, -0.2) is 33.4 Å². The molecule has 1 aromatic rings. The van der Waals surface area contributed by atoms with Crippen LogP contribution in [0.1, 0.15) is 36.9 Å². The zero-order valence-corrected chi connectivity index (χ0v) is 10.8. The third-order valence-corrected chi connectivity index (χ3v) is 3.35. The van der Waals surface area contributed by atoms with Crippen molar-refractivity contribution in [3.8, 4) is 0 Å². The lowest BCUT2D eigenvalue weighted by Gasteiger charge is -2.28. The zero-order chi connectivity index (χ0) is 13.7. The van der Waals surface area contributed by atoms with E-state index in [1.807, 2.05) is 17.0 Å². The molecular weight excluding hydrogens is 244 g/mol. The van der Waals surface area contributed by atoms with Crippen molar-refractivity contribution in [2.75, 3.05) is 6.54 Å². The van der Waals surface area contributed by atoms with Crippen LogP contribution in [0, 0.1) is 0 Å². The second-order valence-electron chi connectivity index (χ2n) is 4.78. The molecule has 1 N–H and O–H groups in total. The van der Waals surface area contributed by atoms with Crippen LogP contribution in [0.5, 0.6) is 0 Å². The van der Waals surface area contributed by atoms with Gasteiger partial charge in [-0.3, -0.25) is 14.6 Å². The fraction of sp³-hybridized carbons (Fsp3) is 0.500. The van der Waals surface area contributed by atoms with Gasteiger partial charge in [0.2, 0.25) is 5.91 Å². The summed E-state index contributed by atoms with van der Waals surface area (Å²) >= 11 is 0. The van der Waals surface area contributed by atoms with Crippen LogP contribution in [0.3, 0.4) is 0 Å². The average Bonchev–Trinajstić information content (AvgIpc) is 2.42. The summed E-state index contributed by atoms with van der Waals surface area (Å²) in [4.78, 5) is 28.5. The number of aliphatic carboxylic acids is 1. The molecule has 102 valence electrons. The Morgan fingerprint density at radius 3 is 2.89 bits per heavy atom. The summed E-state index contributed by atoms with van der Waals surface area (Å²) in [6, 6.07) is 3.89. The van der Waals surface area contributed by atoms with Gasteiger partial charge >= 0.3 is 5.97 Å². The van der Waals surface area contributed by atoms with Crippen LogP contribution in [0.4, 0.5) is 0 Å². The molecule has 0 radical (unpaired) electrons. The smallest absolute Gasteiger partial charge is 0.303 e. The molecule has 1 aromatic heterocycles. The molecule has 0 fully saturated rings. The number of carbonyl (C=O) groups excluding carboxylic acids is 1. The molecule has 19 heavy (non-hydrogen) atoms. The van der Waals surface area contributed by atoms with Crippen LogP contribution in [0.2, 0.25) is 0 Å². The first-order chi connectivity index (χ1) is 9.16. The molecule has 0 bridgehead atoms. The van der Waals surface area contributed by atoms with Crippen molar-refractivity contribution in [3.05, 3.63) is 29.6 Å². The van der Waals surface area contributed by atoms with Crippen molar-refractivity contribution in [1.82, 2.24) is 9.88 Å². The lowest BCUT2D eigenvalue weighted by atomic mass is 10.0. The highest BCUT2D eigenvalue weighted by Crippen LogP contribution is 2.17. The maximum Gasteiger partial charge on any atom is 0.303 e. The monoisotopic (exact) mass is 262 g/mol. The largest absolute Gasteiger partial charge is 0.481 e. The molecule has 0 atom stereocenters. The fourth-order valence-corrected chi connectivity index (χ4v) is 2.29. The number of carbonyl (C=O) groups is 2. The van der Waals surface area contributed by atoms with Crippen molar-refractivity contribution < 1.29 is 14.7 Å². The molecule has 0 spiro atoms. The van der Waals surface area contributed by atoms with E-state index in [1.165, 1.54) is 0 Å². The van der Waals surface area contributed by atoms with Gasteiger partial charge in [-0.25, -0.2) is 0 Å². The van der Waals surface area contributed by atoms with Crippen molar-refractivity contribution in [3.63, 3.8) is 0 Å². The minimum Gasteiger partial charge on any atom is -0.481 e. The predicted octanol–water partition coefficient (Wildman–Crippen LogP) is 1.61. The van der Waals surface area contributed by atoms with Crippen molar-refractivity contribution in [2.45, 2.75) is 38.6 Å². The first-order valence-electron chi connectivity index (χ1n) is 6.59. The number of nitrogens with zero attached hydrogens (tertiary/aromatic N) is 2. The van der Waals surface area contributed by atoms with Gasteiger partial charge in [0.05, 0.1) is 0 Å². The van der Waals surface area contributed by atoms with Crippen LogP contribution >= 0.6 is 0 Å². The number of hydrogen-bond donors (Lipinski definition) is 1. The fourth-order valence-electron chi connectivity index (χ4n) is 2.29. The molecule has 0 saturated carbocycles. The second-order valence-corrected chi connectivity index (χ2v) is 4.78. The average molecular weight is 262 g/mol. The predicted molar refractivity (Wildman–Crippen MR) is 69.5 cm³/mol. The van der Waals surface area contributed by atoms with E-state index in [1.54, 1.807) is 6.20 Å². The van der Waals surface area contributed by atoms with Gasteiger partial charge in [-0.2, -0.15) is 0 Å². The standard InChI is InChI=1S/C14H18N2O3/c17-13(5-1-2-6-14(18)19)16-9-7-12-11(10-16)4-3-8-15-12/h3-4,8H,1-2,5-7,9-10H2,(H,18,19). The Hall–Kier alpha value is -1.91. The maximum absolute atomic E-state index is 12.0. The second kappa shape index (κ2) is 6.31. The highest BCUT2D eigenvalue weighted by atomic mass is 16.4. The molecule has 1 aliphatic rings. The van der Waals surface area contributed by atoms with E-state index >= 15 is 0 Å². The number of carboxylic acid groups (broad SMARTS) is 1.